The van der Waals surface area contributed by atoms with Gasteiger partial charge in [0.15, 0.2) is 5.11 Å². The standard InChI is InChI=1S/C22H23N5OS/c23-22(29)26-25-15-19-7-8-20(28-19)18-6-9-21(24-14-18)27-12-10-17(11-13-27)16-4-2-1-3-5-16/h1-9,14-15,17H,10-13H2,(H3,23,26,29)/b25-15+. The average molecular weight is 406 g/mol. The Hall–Kier alpha value is -3.19. The van der Waals surface area contributed by atoms with Gasteiger partial charge in [-0.25, -0.2) is 4.98 Å². The number of hydrazone groups is 1. The summed E-state index contributed by atoms with van der Waals surface area (Å²) in [6.07, 6.45) is 5.68. The van der Waals surface area contributed by atoms with Gasteiger partial charge >= 0.3 is 0 Å². The van der Waals surface area contributed by atoms with Gasteiger partial charge in [0.1, 0.15) is 17.3 Å². The third kappa shape index (κ3) is 4.81. The highest BCUT2D eigenvalue weighted by atomic mass is 32.1. The van der Waals surface area contributed by atoms with Gasteiger partial charge in [-0.05, 0) is 60.8 Å². The van der Waals surface area contributed by atoms with Crippen LogP contribution < -0.4 is 16.1 Å². The van der Waals surface area contributed by atoms with E-state index in [0.29, 0.717) is 11.7 Å². The number of hydrogen-bond acceptors (Lipinski definition) is 5. The van der Waals surface area contributed by atoms with Crippen molar-refractivity contribution in [2.24, 2.45) is 10.8 Å². The third-order valence-corrected chi connectivity index (χ3v) is 5.21. The van der Waals surface area contributed by atoms with Crippen LogP contribution in [0.15, 0.2) is 70.3 Å². The number of benzene rings is 1. The molecule has 0 radical (unpaired) electrons. The topological polar surface area (TPSA) is 79.7 Å². The number of piperidine rings is 1. The van der Waals surface area contributed by atoms with E-state index in [-0.39, 0.29) is 5.11 Å². The second-order valence-corrected chi connectivity index (χ2v) is 7.45. The number of aromatic nitrogens is 1. The van der Waals surface area contributed by atoms with Crippen LogP contribution in [0, 0.1) is 0 Å². The summed E-state index contributed by atoms with van der Waals surface area (Å²) in [5, 5.41) is 4.01. The maximum Gasteiger partial charge on any atom is 0.184 e. The number of pyridine rings is 1. The first-order valence-corrected chi connectivity index (χ1v) is 10.0. The zero-order valence-electron chi connectivity index (χ0n) is 16.0. The molecule has 0 amide bonds. The Morgan fingerprint density at radius 1 is 1.14 bits per heavy atom. The summed E-state index contributed by atoms with van der Waals surface area (Å²) in [5.74, 6) is 2.99. The van der Waals surface area contributed by atoms with Crippen LogP contribution in [-0.2, 0) is 0 Å². The molecule has 3 N–H and O–H groups in total. The molecule has 2 aromatic heterocycles. The number of hydrogen-bond donors (Lipinski definition) is 2. The van der Waals surface area contributed by atoms with E-state index in [2.05, 4.69) is 56.8 Å². The molecule has 0 bridgehead atoms. The second kappa shape index (κ2) is 8.87. The van der Waals surface area contributed by atoms with Crippen molar-refractivity contribution in [3.8, 4) is 11.3 Å². The van der Waals surface area contributed by atoms with Crippen LogP contribution >= 0.6 is 12.2 Å². The summed E-state index contributed by atoms with van der Waals surface area (Å²) in [6, 6.07) is 18.6. The van der Waals surface area contributed by atoms with Crippen molar-refractivity contribution in [3.05, 3.63) is 72.1 Å². The van der Waals surface area contributed by atoms with Crippen molar-refractivity contribution >= 4 is 29.4 Å². The number of nitrogens with zero attached hydrogens (tertiary/aromatic N) is 3. The summed E-state index contributed by atoms with van der Waals surface area (Å²) >= 11 is 4.70. The van der Waals surface area contributed by atoms with E-state index in [4.69, 9.17) is 22.4 Å². The molecular formula is C22H23N5OS. The van der Waals surface area contributed by atoms with Gasteiger partial charge in [-0.15, -0.1) is 0 Å². The van der Waals surface area contributed by atoms with Crippen LogP contribution in [0.25, 0.3) is 11.3 Å². The normalized spacial score (nSPS) is 15.0. The summed E-state index contributed by atoms with van der Waals surface area (Å²) in [5.41, 5.74) is 10.2. The van der Waals surface area contributed by atoms with Crippen LogP contribution in [0.5, 0.6) is 0 Å². The minimum Gasteiger partial charge on any atom is -0.455 e. The minimum absolute atomic E-state index is 0.112. The minimum atomic E-state index is 0.112. The van der Waals surface area contributed by atoms with Gasteiger partial charge < -0.3 is 15.1 Å². The van der Waals surface area contributed by atoms with Crippen LogP contribution in [0.4, 0.5) is 5.82 Å². The molecule has 1 aliphatic rings. The van der Waals surface area contributed by atoms with E-state index in [9.17, 15) is 0 Å². The maximum atomic E-state index is 5.77. The molecule has 1 saturated heterocycles. The lowest BCUT2D eigenvalue weighted by Gasteiger charge is -2.33. The lowest BCUT2D eigenvalue weighted by molar-refractivity contribution is 0.503. The summed E-state index contributed by atoms with van der Waals surface area (Å²) in [7, 11) is 0. The summed E-state index contributed by atoms with van der Waals surface area (Å²) in [4.78, 5) is 7.01. The fraction of sp³-hybridized carbons (Fsp3) is 0.227. The van der Waals surface area contributed by atoms with Crippen molar-refractivity contribution in [1.82, 2.24) is 10.4 Å². The van der Waals surface area contributed by atoms with E-state index in [1.165, 1.54) is 11.8 Å². The molecule has 1 aromatic carbocycles. The molecule has 1 aliphatic heterocycles. The van der Waals surface area contributed by atoms with E-state index in [1.54, 1.807) is 0 Å². The first kappa shape index (κ1) is 19.1. The van der Waals surface area contributed by atoms with E-state index in [1.807, 2.05) is 24.4 Å². The van der Waals surface area contributed by atoms with Crippen molar-refractivity contribution in [2.45, 2.75) is 18.8 Å². The third-order valence-electron chi connectivity index (χ3n) is 5.12. The van der Waals surface area contributed by atoms with E-state index >= 15 is 0 Å². The van der Waals surface area contributed by atoms with Crippen molar-refractivity contribution in [3.63, 3.8) is 0 Å². The van der Waals surface area contributed by atoms with Gasteiger partial charge in [0.2, 0.25) is 0 Å². The highest BCUT2D eigenvalue weighted by Gasteiger charge is 2.21. The lowest BCUT2D eigenvalue weighted by atomic mass is 9.89. The molecular weight excluding hydrogens is 382 g/mol. The average Bonchev–Trinajstić information content (AvgIpc) is 3.23. The molecule has 6 nitrogen and oxygen atoms in total. The molecule has 0 saturated carbocycles. The van der Waals surface area contributed by atoms with Gasteiger partial charge in [-0.3, -0.25) is 5.43 Å². The number of furan rings is 1. The maximum absolute atomic E-state index is 5.77. The predicted octanol–water partition coefficient (Wildman–Crippen LogP) is 3.89. The van der Waals surface area contributed by atoms with Gasteiger partial charge in [-0.2, -0.15) is 5.10 Å². The van der Waals surface area contributed by atoms with Crippen molar-refractivity contribution < 1.29 is 4.42 Å². The number of anilines is 1. The zero-order chi connectivity index (χ0) is 20.1. The van der Waals surface area contributed by atoms with Crippen LogP contribution in [-0.4, -0.2) is 29.4 Å². The molecule has 148 valence electrons. The highest BCUT2D eigenvalue weighted by molar-refractivity contribution is 7.80. The largest absolute Gasteiger partial charge is 0.455 e. The second-order valence-electron chi connectivity index (χ2n) is 7.01. The molecule has 3 heterocycles. The highest BCUT2D eigenvalue weighted by Crippen LogP contribution is 2.30. The first-order valence-electron chi connectivity index (χ1n) is 9.64. The Labute approximate surface area is 175 Å². The summed E-state index contributed by atoms with van der Waals surface area (Å²) < 4.78 is 5.77. The van der Waals surface area contributed by atoms with Crippen LogP contribution in [0.1, 0.15) is 30.1 Å². The molecule has 3 aromatic rings. The van der Waals surface area contributed by atoms with Gasteiger partial charge in [0.05, 0.1) is 6.21 Å². The molecule has 1 fully saturated rings. The van der Waals surface area contributed by atoms with Crippen molar-refractivity contribution in [2.75, 3.05) is 18.0 Å². The Balaban J connectivity index is 1.37. The number of nitrogens with one attached hydrogen (secondary N) is 1. The van der Waals surface area contributed by atoms with Crippen molar-refractivity contribution in [1.29, 1.82) is 0 Å². The number of thiocarbonyl (C=S) groups is 1. The molecule has 4 rings (SSSR count). The van der Waals surface area contributed by atoms with Gasteiger partial charge in [0.25, 0.3) is 0 Å². The molecule has 29 heavy (non-hydrogen) atoms. The van der Waals surface area contributed by atoms with Gasteiger partial charge in [-0.1, -0.05) is 30.3 Å². The Bertz CT molecular complexity index is 976. The Kier molecular flexibility index (Phi) is 5.86. The van der Waals surface area contributed by atoms with Crippen LogP contribution in [0.2, 0.25) is 0 Å². The lowest BCUT2D eigenvalue weighted by Crippen LogP contribution is -2.33. The molecule has 0 unspecified atom stereocenters. The predicted molar refractivity (Wildman–Crippen MR) is 120 cm³/mol. The Morgan fingerprint density at radius 3 is 2.62 bits per heavy atom. The fourth-order valence-corrected chi connectivity index (χ4v) is 3.68. The molecule has 0 atom stereocenters. The molecule has 7 heteroatoms. The van der Waals surface area contributed by atoms with Gasteiger partial charge in [0, 0.05) is 24.8 Å². The fourth-order valence-electron chi connectivity index (χ4n) is 3.62. The number of nitrogens with two attached hydrogens (primary N) is 1. The molecule has 0 aliphatic carbocycles. The smallest absolute Gasteiger partial charge is 0.184 e. The number of rotatable bonds is 5. The Morgan fingerprint density at radius 2 is 1.93 bits per heavy atom. The monoisotopic (exact) mass is 405 g/mol. The summed E-state index contributed by atoms with van der Waals surface area (Å²) in [6.45, 7) is 2.03. The first-order chi connectivity index (χ1) is 14.2. The van der Waals surface area contributed by atoms with Crippen LogP contribution in [0.3, 0.4) is 0 Å². The van der Waals surface area contributed by atoms with E-state index < -0.39 is 0 Å². The zero-order valence-corrected chi connectivity index (χ0v) is 16.8. The SMILES string of the molecule is NC(=S)N/N=C/c1ccc(-c2ccc(N3CCC(c4ccccc4)CC3)nc2)o1. The van der Waals surface area contributed by atoms with E-state index in [0.717, 1.165) is 43.1 Å². The molecule has 0 spiro atoms. The quantitative estimate of drug-likeness (QED) is 0.381.